The Balaban J connectivity index is 3.79. The summed E-state index contributed by atoms with van der Waals surface area (Å²) in [5.74, 6) is 0. The Kier molecular flexibility index (Phi) is 6.83. The van der Waals surface area contributed by atoms with Gasteiger partial charge in [-0.15, -0.1) is 0 Å². The molecule has 0 fully saturated rings. The van der Waals surface area contributed by atoms with Crippen LogP contribution in [-0.4, -0.2) is 26.1 Å². The summed E-state index contributed by atoms with van der Waals surface area (Å²) in [6.45, 7) is 7.77. The molecule has 0 bridgehead atoms. The van der Waals surface area contributed by atoms with Crippen LogP contribution in [0.3, 0.4) is 0 Å². The van der Waals surface area contributed by atoms with E-state index in [9.17, 15) is 0 Å². The van der Waals surface area contributed by atoms with Crippen molar-refractivity contribution in [1.29, 1.82) is 0 Å². The molecule has 0 aromatic rings. The molecular weight excluding hydrogens is 275 g/mol. The Morgan fingerprint density at radius 2 is 1.18 bits per heavy atom. The minimum absolute atomic E-state index is 0.648. The molecule has 0 saturated carbocycles. The molecule has 0 aliphatic rings. The molecule has 0 aliphatic heterocycles. The molecule has 0 saturated heterocycles. The molecule has 0 rings (SSSR count). The molecule has 3 nitrogen and oxygen atoms in total. The summed E-state index contributed by atoms with van der Waals surface area (Å²) in [4.78, 5) is 0. The first-order valence-electron chi connectivity index (χ1n) is 3.79. The smallest absolute Gasteiger partial charge is 0.366 e. The lowest BCUT2D eigenvalue weighted by Crippen LogP contribution is -2.39. The molecule has 0 N–H and O–H groups in total. The maximum absolute atomic E-state index is 5.39. The summed E-state index contributed by atoms with van der Waals surface area (Å²) < 4.78 is 16.2. The second-order valence-electron chi connectivity index (χ2n) is 1.78. The summed E-state index contributed by atoms with van der Waals surface area (Å²) in [6.07, 6.45) is -2.28. The van der Waals surface area contributed by atoms with Gasteiger partial charge in [0.1, 0.15) is 0 Å². The summed E-state index contributed by atoms with van der Waals surface area (Å²) in [7, 11) is 0. The second kappa shape index (κ2) is 6.35. The molecule has 0 atom stereocenters. The van der Waals surface area contributed by atoms with Gasteiger partial charge in [0.15, 0.2) is 0 Å². The Morgan fingerprint density at radius 1 is 0.909 bits per heavy atom. The molecule has 0 aliphatic carbocycles. The van der Waals surface area contributed by atoms with E-state index < -0.39 is 6.30 Å². The molecule has 0 radical (unpaired) electrons. The van der Waals surface area contributed by atoms with Crippen molar-refractivity contribution in [3.05, 3.63) is 0 Å². The van der Waals surface area contributed by atoms with Crippen LogP contribution in [0.1, 0.15) is 20.8 Å². The van der Waals surface area contributed by atoms with E-state index in [0.717, 1.165) is 0 Å². The third-order valence-electron chi connectivity index (χ3n) is 0.950. The molecule has 0 spiro atoms. The highest BCUT2D eigenvalue weighted by Crippen LogP contribution is 2.17. The molecule has 0 heterocycles. The van der Waals surface area contributed by atoms with Gasteiger partial charge in [-0.2, -0.15) is 0 Å². The normalized spacial score (nSPS) is 12.0. The maximum atomic E-state index is 5.39. The van der Waals surface area contributed by atoms with E-state index in [0.29, 0.717) is 19.8 Å². The van der Waals surface area contributed by atoms with E-state index in [-0.39, 0.29) is 0 Å². The fraction of sp³-hybridized carbons (Fsp3) is 1.00. The Labute approximate surface area is 82.0 Å². The maximum Gasteiger partial charge on any atom is 0.572 e. The minimum Gasteiger partial charge on any atom is -0.366 e. The fourth-order valence-electron chi connectivity index (χ4n) is 0.642. The van der Waals surface area contributed by atoms with Gasteiger partial charge in [-0.05, 0) is 42.6 Å². The highest BCUT2D eigenvalue weighted by atomic mass is 127. The van der Waals surface area contributed by atoms with Gasteiger partial charge < -0.3 is 13.3 Å². The van der Waals surface area contributed by atoms with E-state index in [1.54, 1.807) is 0 Å². The van der Waals surface area contributed by atoms with Crippen LogP contribution in [0.4, 0.5) is 0 Å². The lowest BCUT2D eigenvalue weighted by Gasteiger charge is -2.21. The summed E-state index contributed by atoms with van der Waals surface area (Å²) in [6, 6.07) is 0. The molecule has 68 valence electrons. The van der Waals surface area contributed by atoms with E-state index in [1.807, 2.05) is 20.8 Å². The lowest BCUT2D eigenvalue weighted by molar-refractivity contribution is 0.102. The molecule has 0 amide bonds. The van der Waals surface area contributed by atoms with Crippen LogP contribution in [0.5, 0.6) is 0 Å². The van der Waals surface area contributed by atoms with E-state index in [1.165, 1.54) is 0 Å². The van der Waals surface area contributed by atoms with Gasteiger partial charge in [0.25, 0.3) is 0 Å². The van der Waals surface area contributed by atoms with Crippen molar-refractivity contribution >= 4 is 28.1 Å². The van der Waals surface area contributed by atoms with E-state index in [4.69, 9.17) is 13.3 Å². The van der Waals surface area contributed by atoms with Crippen LogP contribution < -0.4 is 0 Å². The van der Waals surface area contributed by atoms with Crippen LogP contribution in [0.2, 0.25) is 0 Å². The Bertz CT molecular complexity index is 84.8. The zero-order chi connectivity index (χ0) is 8.74. The number of rotatable bonds is 6. The van der Waals surface area contributed by atoms with E-state index in [2.05, 4.69) is 21.8 Å². The predicted molar refractivity (Wildman–Crippen MR) is 54.7 cm³/mol. The Morgan fingerprint density at radius 3 is 1.36 bits per heavy atom. The number of halogens is 1. The molecule has 0 aromatic carbocycles. The SMILES string of the molecule is CCO[Si](I)(OCC)OCC. The molecular formula is C6H15IO3Si. The van der Waals surface area contributed by atoms with Crippen LogP contribution in [0, 0.1) is 0 Å². The number of hydrogen-bond acceptors (Lipinski definition) is 3. The topological polar surface area (TPSA) is 27.7 Å². The van der Waals surface area contributed by atoms with Gasteiger partial charge in [0.05, 0.1) is 0 Å². The first-order chi connectivity index (χ1) is 5.18. The molecule has 0 unspecified atom stereocenters. The highest BCUT2D eigenvalue weighted by molar-refractivity contribution is 14.1. The lowest BCUT2D eigenvalue weighted by atomic mass is 10.9. The van der Waals surface area contributed by atoms with Gasteiger partial charge in [-0.3, -0.25) is 0 Å². The zero-order valence-electron chi connectivity index (χ0n) is 7.22. The van der Waals surface area contributed by atoms with Crippen molar-refractivity contribution in [2.75, 3.05) is 19.8 Å². The van der Waals surface area contributed by atoms with Crippen LogP contribution >= 0.6 is 21.8 Å². The van der Waals surface area contributed by atoms with Crippen molar-refractivity contribution in [2.45, 2.75) is 20.8 Å². The Hall–Kier alpha value is 0.827. The summed E-state index contributed by atoms with van der Waals surface area (Å²) in [5.41, 5.74) is 0. The molecule has 11 heavy (non-hydrogen) atoms. The monoisotopic (exact) mass is 290 g/mol. The quantitative estimate of drug-likeness (QED) is 0.425. The van der Waals surface area contributed by atoms with Crippen molar-refractivity contribution in [2.24, 2.45) is 0 Å². The standard InChI is InChI=1S/C6H15IO3Si/c1-4-8-11(7,9-5-2)10-6-3/h4-6H2,1-3H3. The van der Waals surface area contributed by atoms with Crippen molar-refractivity contribution in [3.8, 4) is 0 Å². The van der Waals surface area contributed by atoms with Crippen LogP contribution in [-0.2, 0) is 13.3 Å². The molecule has 5 heteroatoms. The van der Waals surface area contributed by atoms with Crippen molar-refractivity contribution < 1.29 is 13.3 Å². The van der Waals surface area contributed by atoms with Gasteiger partial charge in [0.2, 0.25) is 0 Å². The number of hydrogen-bond donors (Lipinski definition) is 0. The van der Waals surface area contributed by atoms with Gasteiger partial charge in [0, 0.05) is 19.8 Å². The zero-order valence-corrected chi connectivity index (χ0v) is 10.4. The first-order valence-corrected chi connectivity index (χ1v) is 8.63. The second-order valence-corrected chi connectivity index (χ2v) is 7.57. The van der Waals surface area contributed by atoms with E-state index >= 15 is 0 Å². The third kappa shape index (κ3) is 5.13. The fourth-order valence-corrected chi connectivity index (χ4v) is 4.73. The van der Waals surface area contributed by atoms with Gasteiger partial charge >= 0.3 is 6.30 Å². The van der Waals surface area contributed by atoms with Crippen molar-refractivity contribution in [1.82, 2.24) is 0 Å². The first kappa shape index (κ1) is 11.8. The summed E-state index contributed by atoms with van der Waals surface area (Å²) >= 11 is 2.15. The third-order valence-corrected chi connectivity index (χ3v) is 5.65. The van der Waals surface area contributed by atoms with Gasteiger partial charge in [-0.1, -0.05) is 0 Å². The molecule has 0 aromatic heterocycles. The average molecular weight is 290 g/mol. The highest BCUT2D eigenvalue weighted by Gasteiger charge is 2.36. The van der Waals surface area contributed by atoms with Crippen LogP contribution in [0.25, 0.3) is 0 Å². The van der Waals surface area contributed by atoms with Gasteiger partial charge in [-0.25, -0.2) is 0 Å². The van der Waals surface area contributed by atoms with Crippen molar-refractivity contribution in [3.63, 3.8) is 0 Å². The minimum atomic E-state index is -2.28. The average Bonchev–Trinajstić information content (AvgIpc) is 1.88. The van der Waals surface area contributed by atoms with Crippen LogP contribution in [0.15, 0.2) is 0 Å². The predicted octanol–water partition coefficient (Wildman–Crippen LogP) is 1.97. The summed E-state index contributed by atoms with van der Waals surface area (Å²) in [5, 5.41) is 0. The largest absolute Gasteiger partial charge is 0.572 e.